The molecule has 3 aromatic carbocycles. The first kappa shape index (κ1) is 17.1. The van der Waals surface area contributed by atoms with E-state index in [4.69, 9.17) is 5.11 Å². The molecular formula is C22H20N2O3. The molecule has 1 fully saturated rings. The van der Waals surface area contributed by atoms with Gasteiger partial charge in [0.2, 0.25) is 0 Å². The second-order valence-corrected chi connectivity index (χ2v) is 6.69. The third-order valence-corrected chi connectivity index (χ3v) is 5.04. The first-order chi connectivity index (χ1) is 13.1. The van der Waals surface area contributed by atoms with Crippen molar-refractivity contribution < 1.29 is 14.7 Å². The number of anilines is 1. The molecular weight excluding hydrogens is 340 g/mol. The van der Waals surface area contributed by atoms with E-state index in [0.29, 0.717) is 18.7 Å². The number of hydrogen-bond acceptors (Lipinski definition) is 3. The van der Waals surface area contributed by atoms with Crippen LogP contribution in [0.3, 0.4) is 0 Å². The monoisotopic (exact) mass is 360 g/mol. The van der Waals surface area contributed by atoms with Gasteiger partial charge in [-0.05, 0) is 47.2 Å². The predicted molar refractivity (Wildman–Crippen MR) is 105 cm³/mol. The third kappa shape index (κ3) is 3.49. The van der Waals surface area contributed by atoms with Crippen LogP contribution in [0.2, 0.25) is 0 Å². The fourth-order valence-electron chi connectivity index (χ4n) is 3.48. The number of amides is 1. The van der Waals surface area contributed by atoms with Gasteiger partial charge in [-0.2, -0.15) is 0 Å². The molecule has 1 aliphatic rings. The third-order valence-electron chi connectivity index (χ3n) is 5.04. The van der Waals surface area contributed by atoms with Gasteiger partial charge in [0.05, 0.1) is 5.56 Å². The lowest BCUT2D eigenvalue weighted by Gasteiger charge is -2.36. The number of carboxylic acid groups (broad SMARTS) is 1. The van der Waals surface area contributed by atoms with Gasteiger partial charge >= 0.3 is 5.97 Å². The van der Waals surface area contributed by atoms with Crippen LogP contribution in [-0.4, -0.2) is 48.1 Å². The Balaban J connectivity index is 1.43. The summed E-state index contributed by atoms with van der Waals surface area (Å²) in [4.78, 5) is 27.7. The van der Waals surface area contributed by atoms with E-state index in [2.05, 4.69) is 35.2 Å². The lowest BCUT2D eigenvalue weighted by molar-refractivity contribution is 0.0693. The SMILES string of the molecule is O=C(O)c1ccc(C(=O)N2CCN(c3ccc4ccccc4c3)CC2)cc1. The molecule has 5 heteroatoms. The Labute approximate surface area is 157 Å². The molecule has 0 aromatic heterocycles. The van der Waals surface area contributed by atoms with Crippen LogP contribution in [0, 0.1) is 0 Å². The second-order valence-electron chi connectivity index (χ2n) is 6.69. The van der Waals surface area contributed by atoms with E-state index in [1.54, 1.807) is 12.1 Å². The molecule has 0 spiro atoms. The number of carboxylic acids is 1. The van der Waals surface area contributed by atoms with Crippen LogP contribution in [0.4, 0.5) is 5.69 Å². The summed E-state index contributed by atoms with van der Waals surface area (Å²) < 4.78 is 0. The number of carbonyl (C=O) groups excluding carboxylic acids is 1. The van der Waals surface area contributed by atoms with E-state index in [1.807, 2.05) is 17.0 Å². The maximum Gasteiger partial charge on any atom is 0.335 e. The normalized spacial score (nSPS) is 14.4. The van der Waals surface area contributed by atoms with Crippen molar-refractivity contribution in [2.75, 3.05) is 31.1 Å². The molecule has 136 valence electrons. The Hall–Kier alpha value is -3.34. The van der Waals surface area contributed by atoms with Crippen molar-refractivity contribution in [1.82, 2.24) is 4.90 Å². The Kier molecular flexibility index (Phi) is 4.50. The molecule has 0 bridgehead atoms. The van der Waals surface area contributed by atoms with Crippen LogP contribution < -0.4 is 4.90 Å². The fraction of sp³-hybridized carbons (Fsp3) is 0.182. The molecule has 3 aromatic rings. The zero-order valence-electron chi connectivity index (χ0n) is 14.8. The Morgan fingerprint density at radius 1 is 0.741 bits per heavy atom. The molecule has 27 heavy (non-hydrogen) atoms. The second kappa shape index (κ2) is 7.11. The molecule has 1 saturated heterocycles. The zero-order valence-corrected chi connectivity index (χ0v) is 14.8. The summed E-state index contributed by atoms with van der Waals surface area (Å²) in [6.07, 6.45) is 0. The van der Waals surface area contributed by atoms with Gasteiger partial charge in [0, 0.05) is 37.4 Å². The van der Waals surface area contributed by atoms with E-state index in [0.717, 1.165) is 13.1 Å². The maximum absolute atomic E-state index is 12.7. The van der Waals surface area contributed by atoms with Crippen molar-refractivity contribution in [2.24, 2.45) is 0 Å². The van der Waals surface area contributed by atoms with Gasteiger partial charge in [-0.15, -0.1) is 0 Å². The molecule has 0 radical (unpaired) electrons. The number of rotatable bonds is 3. The average molecular weight is 360 g/mol. The molecule has 4 rings (SSSR count). The van der Waals surface area contributed by atoms with E-state index in [-0.39, 0.29) is 11.5 Å². The fourth-order valence-corrected chi connectivity index (χ4v) is 3.48. The Bertz CT molecular complexity index is 990. The first-order valence-corrected chi connectivity index (χ1v) is 8.98. The summed E-state index contributed by atoms with van der Waals surface area (Å²) in [5, 5.41) is 11.4. The van der Waals surface area contributed by atoms with Crippen molar-refractivity contribution in [3.05, 3.63) is 77.9 Å². The lowest BCUT2D eigenvalue weighted by Crippen LogP contribution is -2.48. The number of fused-ring (bicyclic) bond motifs is 1. The van der Waals surface area contributed by atoms with E-state index in [1.165, 1.54) is 28.6 Å². The lowest BCUT2D eigenvalue weighted by atomic mass is 10.1. The van der Waals surface area contributed by atoms with E-state index in [9.17, 15) is 9.59 Å². The number of carbonyl (C=O) groups is 2. The van der Waals surface area contributed by atoms with Gasteiger partial charge in [-0.1, -0.05) is 30.3 Å². The molecule has 0 unspecified atom stereocenters. The molecule has 1 N–H and O–H groups in total. The van der Waals surface area contributed by atoms with E-state index >= 15 is 0 Å². The van der Waals surface area contributed by atoms with Gasteiger partial charge in [0.15, 0.2) is 0 Å². The molecule has 0 aliphatic carbocycles. The molecule has 0 saturated carbocycles. The van der Waals surface area contributed by atoms with Crippen LogP contribution in [0.15, 0.2) is 66.7 Å². The standard InChI is InChI=1S/C22H20N2O3/c25-21(17-5-7-18(8-6-17)22(26)27)24-13-11-23(12-14-24)20-10-9-16-3-1-2-4-19(16)15-20/h1-10,15H,11-14H2,(H,26,27). The minimum atomic E-state index is -0.988. The Morgan fingerprint density at radius 2 is 1.37 bits per heavy atom. The summed E-state index contributed by atoms with van der Waals surface area (Å²) in [5.41, 5.74) is 1.89. The summed E-state index contributed by atoms with van der Waals surface area (Å²) in [6, 6.07) is 20.9. The highest BCUT2D eigenvalue weighted by molar-refractivity contribution is 5.96. The molecule has 5 nitrogen and oxygen atoms in total. The number of aromatic carboxylic acids is 1. The number of benzene rings is 3. The highest BCUT2D eigenvalue weighted by Gasteiger charge is 2.22. The largest absolute Gasteiger partial charge is 0.478 e. The number of piperazine rings is 1. The van der Waals surface area contributed by atoms with E-state index < -0.39 is 5.97 Å². The quantitative estimate of drug-likeness (QED) is 0.777. The van der Waals surface area contributed by atoms with Crippen molar-refractivity contribution in [1.29, 1.82) is 0 Å². The van der Waals surface area contributed by atoms with Crippen molar-refractivity contribution in [2.45, 2.75) is 0 Å². The van der Waals surface area contributed by atoms with Crippen LogP contribution in [0.25, 0.3) is 10.8 Å². The maximum atomic E-state index is 12.7. The minimum absolute atomic E-state index is 0.0508. The minimum Gasteiger partial charge on any atom is -0.478 e. The van der Waals surface area contributed by atoms with Gasteiger partial charge in [-0.3, -0.25) is 4.79 Å². The van der Waals surface area contributed by atoms with Crippen molar-refractivity contribution in [3.63, 3.8) is 0 Å². The number of nitrogens with zero attached hydrogens (tertiary/aromatic N) is 2. The van der Waals surface area contributed by atoms with Crippen LogP contribution in [-0.2, 0) is 0 Å². The van der Waals surface area contributed by atoms with Crippen molar-refractivity contribution in [3.8, 4) is 0 Å². The molecule has 1 amide bonds. The topological polar surface area (TPSA) is 60.9 Å². The van der Waals surface area contributed by atoms with Crippen LogP contribution >= 0.6 is 0 Å². The van der Waals surface area contributed by atoms with Gasteiger partial charge < -0.3 is 14.9 Å². The molecule has 1 aliphatic heterocycles. The molecule has 1 heterocycles. The summed E-state index contributed by atoms with van der Waals surface area (Å²) in [6.45, 7) is 2.84. The summed E-state index contributed by atoms with van der Waals surface area (Å²) in [7, 11) is 0. The average Bonchev–Trinajstić information content (AvgIpc) is 2.73. The summed E-state index contributed by atoms with van der Waals surface area (Å²) in [5.74, 6) is -1.04. The first-order valence-electron chi connectivity index (χ1n) is 8.98. The van der Waals surface area contributed by atoms with Gasteiger partial charge in [0.1, 0.15) is 0 Å². The Morgan fingerprint density at radius 3 is 2.04 bits per heavy atom. The number of hydrogen-bond donors (Lipinski definition) is 1. The van der Waals surface area contributed by atoms with Crippen molar-refractivity contribution >= 4 is 28.3 Å². The van der Waals surface area contributed by atoms with Gasteiger partial charge in [-0.25, -0.2) is 4.79 Å². The highest BCUT2D eigenvalue weighted by Crippen LogP contribution is 2.23. The predicted octanol–water partition coefficient (Wildman–Crippen LogP) is 3.50. The van der Waals surface area contributed by atoms with Crippen LogP contribution in [0.5, 0.6) is 0 Å². The highest BCUT2D eigenvalue weighted by atomic mass is 16.4. The van der Waals surface area contributed by atoms with Gasteiger partial charge in [0.25, 0.3) is 5.91 Å². The smallest absolute Gasteiger partial charge is 0.335 e. The van der Waals surface area contributed by atoms with Crippen LogP contribution in [0.1, 0.15) is 20.7 Å². The molecule has 0 atom stereocenters. The summed E-state index contributed by atoms with van der Waals surface area (Å²) >= 11 is 0. The zero-order chi connectivity index (χ0) is 18.8.